The molecule has 4 amide bonds. The van der Waals surface area contributed by atoms with Crippen LogP contribution >= 0.6 is 0 Å². The summed E-state index contributed by atoms with van der Waals surface area (Å²) < 4.78 is 0. The summed E-state index contributed by atoms with van der Waals surface area (Å²) in [4.78, 5) is 51.9. The number of carbonyl (C=O) groups is 4. The van der Waals surface area contributed by atoms with Crippen LogP contribution < -0.4 is 42.5 Å². The van der Waals surface area contributed by atoms with Gasteiger partial charge in [-0.25, -0.2) is 0 Å². The molecular weight excluding hydrogens is 584 g/mol. The fourth-order valence-corrected chi connectivity index (χ4v) is 4.64. The van der Waals surface area contributed by atoms with Crippen LogP contribution in [0.2, 0.25) is 0 Å². The van der Waals surface area contributed by atoms with Gasteiger partial charge in [0.15, 0.2) is 0 Å². The molecule has 1 aromatic carbocycles. The van der Waals surface area contributed by atoms with Crippen LogP contribution in [0.25, 0.3) is 0 Å². The molecule has 0 aliphatic rings. The summed E-state index contributed by atoms with van der Waals surface area (Å²) in [6.45, 7) is 20.8. The average Bonchev–Trinajstić information content (AvgIpc) is 2.95. The molecule has 12 heteroatoms. The summed E-state index contributed by atoms with van der Waals surface area (Å²) in [5.74, 6) is -0.698. The Hall–Kier alpha value is -3.06. The van der Waals surface area contributed by atoms with Crippen LogP contribution in [0.5, 0.6) is 0 Å². The zero-order valence-electron chi connectivity index (χ0n) is 29.6. The molecule has 12 nitrogen and oxygen atoms in total. The number of amides is 4. The standard InChI is InChI=1S/C34H62N8O4/c1-23(2)35-9-13-39-31(43)19-27-17-29(21-33(45)41-15-11-37-25(5)6)30(22-34(46)42-16-12-38-26(7)8)18-28(27)20-32(44)40-14-10-36-24(3)4/h17-18,23-26,35-38H,9-16,19-22H2,1-8H3,(H,39,43)(H,40,44)(H,41,45)(H,42,46). The Balaban J connectivity index is 3.26. The highest BCUT2D eigenvalue weighted by atomic mass is 16.2. The lowest BCUT2D eigenvalue weighted by atomic mass is 9.91. The Morgan fingerprint density at radius 2 is 0.587 bits per heavy atom. The minimum absolute atomic E-state index is 0.0550. The smallest absolute Gasteiger partial charge is 0.224 e. The van der Waals surface area contributed by atoms with Gasteiger partial charge >= 0.3 is 0 Å². The van der Waals surface area contributed by atoms with Crippen molar-refractivity contribution in [2.45, 2.75) is 105 Å². The van der Waals surface area contributed by atoms with E-state index in [0.29, 0.717) is 98.8 Å². The van der Waals surface area contributed by atoms with Gasteiger partial charge in [0.2, 0.25) is 23.6 Å². The predicted molar refractivity (Wildman–Crippen MR) is 186 cm³/mol. The fourth-order valence-electron chi connectivity index (χ4n) is 4.64. The first-order valence-corrected chi connectivity index (χ1v) is 16.9. The van der Waals surface area contributed by atoms with E-state index >= 15 is 0 Å². The summed E-state index contributed by atoms with van der Waals surface area (Å²) >= 11 is 0. The maximum Gasteiger partial charge on any atom is 0.224 e. The number of hydrogen-bond donors (Lipinski definition) is 8. The number of hydrogen-bond acceptors (Lipinski definition) is 8. The van der Waals surface area contributed by atoms with Crippen LogP contribution in [0, 0.1) is 0 Å². The van der Waals surface area contributed by atoms with E-state index in [4.69, 9.17) is 0 Å². The van der Waals surface area contributed by atoms with Gasteiger partial charge in [-0.3, -0.25) is 19.2 Å². The van der Waals surface area contributed by atoms with Crippen LogP contribution in [-0.4, -0.2) is 100 Å². The summed E-state index contributed by atoms with van der Waals surface area (Å²) in [5.41, 5.74) is 2.66. The van der Waals surface area contributed by atoms with Crippen molar-refractivity contribution in [3.05, 3.63) is 34.4 Å². The molecule has 0 atom stereocenters. The lowest BCUT2D eigenvalue weighted by Gasteiger charge is -2.18. The zero-order valence-corrected chi connectivity index (χ0v) is 29.6. The quantitative estimate of drug-likeness (QED) is 0.0745. The number of nitrogens with one attached hydrogen (secondary N) is 8. The molecular formula is C34H62N8O4. The number of carbonyl (C=O) groups excluding carboxylic acids is 4. The Morgan fingerprint density at radius 3 is 0.761 bits per heavy atom. The van der Waals surface area contributed by atoms with E-state index in [1.807, 2.05) is 67.5 Å². The molecule has 0 aromatic heterocycles. The minimum Gasteiger partial charge on any atom is -0.355 e. The molecule has 1 rings (SSSR count). The van der Waals surface area contributed by atoms with Crippen molar-refractivity contribution in [2.75, 3.05) is 52.4 Å². The first-order valence-electron chi connectivity index (χ1n) is 16.9. The first-order chi connectivity index (χ1) is 21.8. The normalized spacial score (nSPS) is 11.4. The van der Waals surface area contributed by atoms with Crippen LogP contribution in [0.1, 0.15) is 77.6 Å². The number of benzene rings is 1. The molecule has 0 radical (unpaired) electrons. The van der Waals surface area contributed by atoms with E-state index in [2.05, 4.69) is 42.5 Å². The lowest BCUT2D eigenvalue weighted by molar-refractivity contribution is -0.121. The van der Waals surface area contributed by atoms with E-state index in [1.54, 1.807) is 0 Å². The van der Waals surface area contributed by atoms with E-state index < -0.39 is 0 Å². The second-order valence-electron chi connectivity index (χ2n) is 12.9. The van der Waals surface area contributed by atoms with Gasteiger partial charge in [-0.05, 0) is 22.3 Å². The van der Waals surface area contributed by atoms with Gasteiger partial charge in [-0.1, -0.05) is 67.5 Å². The Labute approximate surface area is 277 Å². The van der Waals surface area contributed by atoms with Gasteiger partial charge in [-0.15, -0.1) is 0 Å². The summed E-state index contributed by atoms with van der Waals surface area (Å²) in [5, 5.41) is 24.9. The van der Waals surface area contributed by atoms with E-state index in [9.17, 15) is 19.2 Å². The van der Waals surface area contributed by atoms with Crippen LogP contribution in [0.15, 0.2) is 12.1 Å². The molecule has 262 valence electrons. The maximum absolute atomic E-state index is 13.0. The fraction of sp³-hybridized carbons (Fsp3) is 0.706. The second kappa shape index (κ2) is 23.3. The zero-order chi connectivity index (χ0) is 34.5. The van der Waals surface area contributed by atoms with E-state index in [-0.39, 0.29) is 49.3 Å². The molecule has 0 aliphatic heterocycles. The molecule has 0 saturated heterocycles. The second-order valence-corrected chi connectivity index (χ2v) is 12.9. The van der Waals surface area contributed by atoms with Crippen molar-refractivity contribution in [1.82, 2.24) is 42.5 Å². The highest BCUT2D eigenvalue weighted by Gasteiger charge is 2.19. The summed E-state index contributed by atoms with van der Waals surface area (Å²) in [6, 6.07) is 4.88. The van der Waals surface area contributed by atoms with E-state index in [0.717, 1.165) is 0 Å². The Kier molecular flexibility index (Phi) is 20.7. The predicted octanol–water partition coefficient (Wildman–Crippen LogP) is 0.313. The van der Waals surface area contributed by atoms with Gasteiger partial charge in [-0.2, -0.15) is 0 Å². The third-order valence-electron chi connectivity index (χ3n) is 6.92. The van der Waals surface area contributed by atoms with Crippen molar-refractivity contribution in [2.24, 2.45) is 0 Å². The largest absolute Gasteiger partial charge is 0.355 e. The Morgan fingerprint density at radius 1 is 0.391 bits per heavy atom. The monoisotopic (exact) mass is 646 g/mol. The van der Waals surface area contributed by atoms with Crippen LogP contribution in [0.3, 0.4) is 0 Å². The Bertz CT molecular complexity index is 913. The summed E-state index contributed by atoms with van der Waals surface area (Å²) in [6.07, 6.45) is 0.220. The molecule has 0 saturated carbocycles. The highest BCUT2D eigenvalue weighted by Crippen LogP contribution is 2.21. The van der Waals surface area contributed by atoms with Crippen LogP contribution in [0.4, 0.5) is 0 Å². The third kappa shape index (κ3) is 20.1. The van der Waals surface area contributed by atoms with Crippen molar-refractivity contribution in [1.29, 1.82) is 0 Å². The van der Waals surface area contributed by atoms with Crippen molar-refractivity contribution in [3.8, 4) is 0 Å². The molecule has 0 heterocycles. The lowest BCUT2D eigenvalue weighted by Crippen LogP contribution is -2.37. The molecule has 0 spiro atoms. The van der Waals surface area contributed by atoms with Gasteiger partial charge < -0.3 is 42.5 Å². The highest BCUT2D eigenvalue weighted by molar-refractivity contribution is 5.85. The molecule has 1 aromatic rings. The molecule has 8 N–H and O–H groups in total. The molecule has 0 bridgehead atoms. The molecule has 0 aliphatic carbocycles. The van der Waals surface area contributed by atoms with Gasteiger partial charge in [0.05, 0.1) is 25.7 Å². The number of rotatable bonds is 24. The first kappa shape index (κ1) is 41.0. The molecule has 46 heavy (non-hydrogen) atoms. The van der Waals surface area contributed by atoms with Crippen molar-refractivity contribution in [3.63, 3.8) is 0 Å². The SMILES string of the molecule is CC(C)NCCNC(=O)Cc1cc(CC(=O)NCCNC(C)C)c(CC(=O)NCCNC(C)C)cc1CC(=O)NCCNC(C)C. The van der Waals surface area contributed by atoms with E-state index in [1.165, 1.54) is 0 Å². The topological polar surface area (TPSA) is 165 Å². The average molecular weight is 647 g/mol. The van der Waals surface area contributed by atoms with Gasteiger partial charge in [0, 0.05) is 76.5 Å². The molecule has 0 unspecified atom stereocenters. The minimum atomic E-state index is -0.174. The maximum atomic E-state index is 13.0. The van der Waals surface area contributed by atoms with Crippen molar-refractivity contribution < 1.29 is 19.2 Å². The van der Waals surface area contributed by atoms with Crippen LogP contribution in [-0.2, 0) is 44.9 Å². The van der Waals surface area contributed by atoms with Gasteiger partial charge in [0.25, 0.3) is 0 Å². The molecule has 0 fully saturated rings. The van der Waals surface area contributed by atoms with Gasteiger partial charge in [0.1, 0.15) is 0 Å². The van der Waals surface area contributed by atoms with Crippen molar-refractivity contribution >= 4 is 23.6 Å². The third-order valence-corrected chi connectivity index (χ3v) is 6.92. The summed E-state index contributed by atoms with van der Waals surface area (Å²) in [7, 11) is 0.